The molecule has 5 nitrogen and oxygen atoms in total. The summed E-state index contributed by atoms with van der Waals surface area (Å²) in [6, 6.07) is 5.27. The number of amides is 1. The number of benzene rings is 1. The topological polar surface area (TPSA) is 59.6 Å². The molecule has 1 aromatic rings. The van der Waals surface area contributed by atoms with Gasteiger partial charge in [-0.3, -0.25) is 4.79 Å². The van der Waals surface area contributed by atoms with Gasteiger partial charge in [-0.2, -0.15) is 8.78 Å². The smallest absolute Gasteiger partial charge is 0.387 e. The van der Waals surface area contributed by atoms with E-state index in [1.165, 1.54) is 32.4 Å². The Balaban J connectivity index is 1.49. The lowest BCUT2D eigenvalue weighted by molar-refractivity contribution is -0.122. The first-order valence-corrected chi connectivity index (χ1v) is 9.22. The van der Waals surface area contributed by atoms with Crippen LogP contribution < -0.4 is 20.1 Å². The van der Waals surface area contributed by atoms with Crippen molar-refractivity contribution in [3.05, 3.63) is 23.8 Å². The molecule has 0 radical (unpaired) electrons. The zero-order valence-electron chi connectivity index (χ0n) is 15.0. The Labute approximate surface area is 152 Å². The Morgan fingerprint density at radius 1 is 1.31 bits per heavy atom. The van der Waals surface area contributed by atoms with Gasteiger partial charge < -0.3 is 20.1 Å². The van der Waals surface area contributed by atoms with Crippen LogP contribution in [0.2, 0.25) is 0 Å². The molecule has 0 spiro atoms. The molecular formula is C19H26F2N2O3. The van der Waals surface area contributed by atoms with Crippen molar-refractivity contribution in [3.8, 4) is 11.5 Å². The van der Waals surface area contributed by atoms with Crippen molar-refractivity contribution in [3.63, 3.8) is 0 Å². The normalized spacial score (nSPS) is 25.0. The minimum absolute atomic E-state index is 0.00728. The van der Waals surface area contributed by atoms with Crippen LogP contribution in [0.15, 0.2) is 18.2 Å². The average Bonchev–Trinajstić information content (AvgIpc) is 3.05. The summed E-state index contributed by atoms with van der Waals surface area (Å²) in [5.41, 5.74) is 0.801. The number of hydrogen-bond acceptors (Lipinski definition) is 4. The summed E-state index contributed by atoms with van der Waals surface area (Å²) < 4.78 is 34.5. The SMILES string of the molecule is COc1ccc(CCNC(=O)C2CC3CCCCC3N2)cc1OC(F)F. The number of methoxy groups -OCH3 is 1. The second-order valence-corrected chi connectivity index (χ2v) is 7.01. The summed E-state index contributed by atoms with van der Waals surface area (Å²) in [7, 11) is 1.40. The molecule has 1 saturated heterocycles. The van der Waals surface area contributed by atoms with Gasteiger partial charge >= 0.3 is 6.61 Å². The van der Waals surface area contributed by atoms with Crippen LogP contribution in [0.3, 0.4) is 0 Å². The summed E-state index contributed by atoms with van der Waals surface area (Å²) in [4.78, 5) is 12.4. The Kier molecular flexibility index (Phi) is 6.29. The first kappa shape index (κ1) is 18.9. The van der Waals surface area contributed by atoms with Gasteiger partial charge in [-0.05, 0) is 49.3 Å². The molecule has 3 atom stereocenters. The zero-order valence-corrected chi connectivity index (χ0v) is 15.0. The third-order valence-corrected chi connectivity index (χ3v) is 5.34. The van der Waals surface area contributed by atoms with Crippen LogP contribution in [0.4, 0.5) is 8.78 Å². The number of alkyl halides is 2. The van der Waals surface area contributed by atoms with E-state index in [4.69, 9.17) is 4.74 Å². The van der Waals surface area contributed by atoms with Crippen LogP contribution in [0.25, 0.3) is 0 Å². The molecule has 26 heavy (non-hydrogen) atoms. The molecule has 0 bridgehead atoms. The van der Waals surface area contributed by atoms with E-state index in [0.29, 0.717) is 24.9 Å². The van der Waals surface area contributed by atoms with Crippen LogP contribution in [0.1, 0.15) is 37.7 Å². The minimum Gasteiger partial charge on any atom is -0.493 e. The second-order valence-electron chi connectivity index (χ2n) is 7.01. The molecule has 1 aromatic carbocycles. The summed E-state index contributed by atoms with van der Waals surface area (Å²) in [5.74, 6) is 0.913. The fourth-order valence-corrected chi connectivity index (χ4v) is 4.04. The molecule has 144 valence electrons. The van der Waals surface area contributed by atoms with Gasteiger partial charge in [0.15, 0.2) is 11.5 Å². The van der Waals surface area contributed by atoms with Crippen molar-refractivity contribution in [2.75, 3.05) is 13.7 Å². The third kappa shape index (κ3) is 4.63. The standard InChI is InChI=1S/C19H26F2N2O3/c1-25-16-7-6-12(10-17(16)26-19(20)21)8-9-22-18(24)15-11-13-4-2-3-5-14(13)23-15/h6-7,10,13-15,19,23H,2-5,8-9,11H2,1H3,(H,22,24). The van der Waals surface area contributed by atoms with E-state index >= 15 is 0 Å². The highest BCUT2D eigenvalue weighted by Crippen LogP contribution is 2.33. The highest BCUT2D eigenvalue weighted by molar-refractivity contribution is 5.82. The van der Waals surface area contributed by atoms with Gasteiger partial charge in [-0.15, -0.1) is 0 Å². The fourth-order valence-electron chi connectivity index (χ4n) is 4.04. The lowest BCUT2D eigenvalue weighted by atomic mass is 9.85. The maximum Gasteiger partial charge on any atom is 0.387 e. The lowest BCUT2D eigenvalue weighted by Gasteiger charge is -2.24. The van der Waals surface area contributed by atoms with Gasteiger partial charge in [-0.1, -0.05) is 18.9 Å². The summed E-state index contributed by atoms with van der Waals surface area (Å²) in [5, 5.41) is 6.41. The predicted molar refractivity (Wildman–Crippen MR) is 93.6 cm³/mol. The highest BCUT2D eigenvalue weighted by Gasteiger charge is 2.37. The van der Waals surface area contributed by atoms with E-state index in [1.54, 1.807) is 12.1 Å². The van der Waals surface area contributed by atoms with Gasteiger partial charge in [0.2, 0.25) is 5.91 Å². The van der Waals surface area contributed by atoms with Crippen LogP contribution in [0, 0.1) is 5.92 Å². The number of ether oxygens (including phenoxy) is 2. The lowest BCUT2D eigenvalue weighted by Crippen LogP contribution is -2.43. The van der Waals surface area contributed by atoms with Crippen LogP contribution in [-0.4, -0.2) is 38.3 Å². The van der Waals surface area contributed by atoms with E-state index < -0.39 is 6.61 Å². The van der Waals surface area contributed by atoms with Crippen LogP contribution >= 0.6 is 0 Å². The number of hydrogen-bond donors (Lipinski definition) is 2. The maximum atomic E-state index is 12.5. The molecule has 1 saturated carbocycles. The third-order valence-electron chi connectivity index (χ3n) is 5.34. The largest absolute Gasteiger partial charge is 0.493 e. The van der Waals surface area contributed by atoms with Gasteiger partial charge in [0.1, 0.15) is 0 Å². The number of carbonyl (C=O) groups is 1. The summed E-state index contributed by atoms with van der Waals surface area (Å²) >= 11 is 0. The van der Waals surface area contributed by atoms with Crippen LogP contribution in [-0.2, 0) is 11.2 Å². The van der Waals surface area contributed by atoms with E-state index in [0.717, 1.165) is 18.4 Å². The second kappa shape index (κ2) is 8.66. The Bertz CT molecular complexity index is 613. The van der Waals surface area contributed by atoms with Gasteiger partial charge in [0, 0.05) is 12.6 Å². The van der Waals surface area contributed by atoms with Crippen molar-refractivity contribution in [2.45, 2.75) is 57.2 Å². The molecule has 0 aromatic heterocycles. The van der Waals surface area contributed by atoms with Crippen LogP contribution in [0.5, 0.6) is 11.5 Å². The number of fused-ring (bicyclic) bond motifs is 1. The molecule has 1 heterocycles. The quantitative estimate of drug-likeness (QED) is 0.777. The molecule has 1 amide bonds. The van der Waals surface area contributed by atoms with E-state index in [2.05, 4.69) is 15.4 Å². The highest BCUT2D eigenvalue weighted by atomic mass is 19.3. The summed E-state index contributed by atoms with van der Waals surface area (Å²) in [6.07, 6.45) is 6.31. The molecule has 3 unspecified atom stereocenters. The van der Waals surface area contributed by atoms with Crippen molar-refractivity contribution >= 4 is 5.91 Å². The minimum atomic E-state index is -2.91. The number of rotatable bonds is 7. The molecule has 2 N–H and O–H groups in total. The Morgan fingerprint density at radius 2 is 2.12 bits per heavy atom. The zero-order chi connectivity index (χ0) is 18.5. The average molecular weight is 368 g/mol. The van der Waals surface area contributed by atoms with E-state index in [-0.39, 0.29) is 23.4 Å². The van der Waals surface area contributed by atoms with E-state index in [1.807, 2.05) is 0 Å². The first-order chi connectivity index (χ1) is 12.6. The molecule has 3 rings (SSSR count). The number of carbonyl (C=O) groups excluding carboxylic acids is 1. The molecule has 1 aliphatic carbocycles. The van der Waals surface area contributed by atoms with Crippen molar-refractivity contribution in [2.24, 2.45) is 5.92 Å². The predicted octanol–water partition coefficient (Wildman–Crippen LogP) is 2.88. The molecule has 1 aliphatic heterocycles. The molecule has 2 fully saturated rings. The molecule has 2 aliphatic rings. The Morgan fingerprint density at radius 3 is 2.85 bits per heavy atom. The van der Waals surface area contributed by atoms with Gasteiger partial charge in [-0.25, -0.2) is 0 Å². The molecular weight excluding hydrogens is 342 g/mol. The first-order valence-electron chi connectivity index (χ1n) is 9.22. The maximum absolute atomic E-state index is 12.5. The Hall–Kier alpha value is -1.89. The molecule has 7 heteroatoms. The van der Waals surface area contributed by atoms with Crippen molar-refractivity contribution < 1.29 is 23.0 Å². The van der Waals surface area contributed by atoms with Gasteiger partial charge in [0.05, 0.1) is 13.2 Å². The summed E-state index contributed by atoms with van der Waals surface area (Å²) in [6.45, 7) is -2.46. The van der Waals surface area contributed by atoms with Crippen molar-refractivity contribution in [1.82, 2.24) is 10.6 Å². The fraction of sp³-hybridized carbons (Fsp3) is 0.632. The van der Waals surface area contributed by atoms with Gasteiger partial charge in [0.25, 0.3) is 0 Å². The number of nitrogens with one attached hydrogen (secondary N) is 2. The number of halogens is 2. The van der Waals surface area contributed by atoms with E-state index in [9.17, 15) is 13.6 Å². The van der Waals surface area contributed by atoms with Crippen molar-refractivity contribution in [1.29, 1.82) is 0 Å². The monoisotopic (exact) mass is 368 g/mol.